The van der Waals surface area contributed by atoms with Crippen LogP contribution in [-0.4, -0.2) is 24.2 Å². The average molecular weight is 241 g/mol. The monoisotopic (exact) mass is 241 g/mol. The van der Waals surface area contributed by atoms with Gasteiger partial charge in [-0.3, -0.25) is 0 Å². The SMILES string of the molecule is S=COC(C1CCCCC1)C1CCCCN1. The Hall–Kier alpha value is -0.150. The van der Waals surface area contributed by atoms with Crippen LogP contribution >= 0.6 is 12.2 Å². The number of nitrogens with one attached hydrogen (secondary N) is 1. The molecule has 0 spiro atoms. The van der Waals surface area contributed by atoms with Crippen LogP contribution in [-0.2, 0) is 4.74 Å². The highest BCUT2D eigenvalue weighted by Gasteiger charge is 2.32. The zero-order valence-electron chi connectivity index (χ0n) is 9.99. The van der Waals surface area contributed by atoms with Crippen molar-refractivity contribution in [2.24, 2.45) is 5.92 Å². The van der Waals surface area contributed by atoms with Gasteiger partial charge in [-0.2, -0.15) is 0 Å². The molecule has 2 atom stereocenters. The Morgan fingerprint density at radius 1 is 1.06 bits per heavy atom. The molecule has 1 N–H and O–H groups in total. The lowest BCUT2D eigenvalue weighted by molar-refractivity contribution is 0.0608. The van der Waals surface area contributed by atoms with E-state index in [1.54, 1.807) is 0 Å². The molecule has 0 amide bonds. The van der Waals surface area contributed by atoms with E-state index in [2.05, 4.69) is 5.32 Å². The highest BCUT2D eigenvalue weighted by molar-refractivity contribution is 7.78. The van der Waals surface area contributed by atoms with Crippen molar-refractivity contribution in [1.82, 2.24) is 5.32 Å². The van der Waals surface area contributed by atoms with Gasteiger partial charge in [-0.15, -0.1) is 0 Å². The lowest BCUT2D eigenvalue weighted by Gasteiger charge is -2.37. The molecule has 2 nitrogen and oxygen atoms in total. The Balaban J connectivity index is 1.93. The van der Waals surface area contributed by atoms with Crippen molar-refractivity contribution in [3.05, 3.63) is 0 Å². The third kappa shape index (κ3) is 3.17. The highest BCUT2D eigenvalue weighted by Crippen LogP contribution is 2.31. The molecule has 2 unspecified atom stereocenters. The Kier molecular flexibility index (Phi) is 5.04. The van der Waals surface area contributed by atoms with Gasteiger partial charge in [0.1, 0.15) is 11.7 Å². The molecule has 0 bridgehead atoms. The molecule has 92 valence electrons. The normalized spacial score (nSPS) is 29.6. The van der Waals surface area contributed by atoms with Crippen LogP contribution in [0.4, 0.5) is 0 Å². The van der Waals surface area contributed by atoms with Crippen LogP contribution in [0.5, 0.6) is 0 Å². The summed E-state index contributed by atoms with van der Waals surface area (Å²) in [4.78, 5) is 0. The topological polar surface area (TPSA) is 21.3 Å². The number of rotatable bonds is 4. The summed E-state index contributed by atoms with van der Waals surface area (Å²) in [6.07, 6.45) is 11.0. The molecule has 0 aromatic carbocycles. The number of ether oxygens (including phenoxy) is 1. The van der Waals surface area contributed by atoms with Gasteiger partial charge < -0.3 is 10.1 Å². The lowest BCUT2D eigenvalue weighted by atomic mass is 9.81. The van der Waals surface area contributed by atoms with E-state index in [1.807, 2.05) is 0 Å². The Bertz CT molecular complexity index is 192. The van der Waals surface area contributed by atoms with Crippen molar-refractivity contribution >= 4 is 17.8 Å². The molecule has 0 aromatic rings. The molecular weight excluding hydrogens is 218 g/mol. The first-order valence-corrected chi connectivity index (χ1v) is 7.21. The van der Waals surface area contributed by atoms with Crippen molar-refractivity contribution in [2.75, 3.05) is 6.54 Å². The molecule has 3 heteroatoms. The molecule has 1 heterocycles. The van der Waals surface area contributed by atoms with E-state index >= 15 is 0 Å². The molecule has 1 saturated heterocycles. The van der Waals surface area contributed by atoms with E-state index in [9.17, 15) is 0 Å². The fourth-order valence-electron chi connectivity index (χ4n) is 3.22. The summed E-state index contributed by atoms with van der Waals surface area (Å²) in [5, 5.41) is 3.61. The average Bonchev–Trinajstić information content (AvgIpc) is 2.38. The van der Waals surface area contributed by atoms with Crippen molar-refractivity contribution in [3.8, 4) is 0 Å². The summed E-state index contributed by atoms with van der Waals surface area (Å²) in [6, 6.07) is 0.538. The maximum atomic E-state index is 5.75. The molecule has 0 aromatic heterocycles. The van der Waals surface area contributed by atoms with Gasteiger partial charge in [-0.1, -0.05) is 25.7 Å². The largest absolute Gasteiger partial charge is 0.485 e. The second-order valence-corrected chi connectivity index (χ2v) is 5.34. The smallest absolute Gasteiger partial charge is 0.146 e. The van der Waals surface area contributed by atoms with Crippen LogP contribution in [0.3, 0.4) is 0 Å². The molecule has 2 rings (SSSR count). The number of thiocarbonyl (C=S) groups is 1. The first kappa shape index (κ1) is 12.3. The number of hydrogen-bond donors (Lipinski definition) is 1. The Labute approximate surface area is 104 Å². The zero-order valence-corrected chi connectivity index (χ0v) is 10.8. The van der Waals surface area contributed by atoms with Gasteiger partial charge in [0.25, 0.3) is 0 Å². The molecule has 1 saturated carbocycles. The Morgan fingerprint density at radius 2 is 1.81 bits per heavy atom. The quantitative estimate of drug-likeness (QED) is 0.764. The van der Waals surface area contributed by atoms with Crippen molar-refractivity contribution in [3.63, 3.8) is 0 Å². The molecule has 16 heavy (non-hydrogen) atoms. The third-order valence-corrected chi connectivity index (χ3v) is 4.18. The van der Waals surface area contributed by atoms with E-state index in [-0.39, 0.29) is 0 Å². The number of hydrogen-bond acceptors (Lipinski definition) is 3. The lowest BCUT2D eigenvalue weighted by Crippen LogP contribution is -2.48. The molecule has 2 fully saturated rings. The van der Waals surface area contributed by atoms with Gasteiger partial charge in [0, 0.05) is 6.04 Å². The summed E-state index contributed by atoms with van der Waals surface area (Å²) in [6.45, 7) is 1.15. The summed E-state index contributed by atoms with van der Waals surface area (Å²) in [5.41, 5.74) is 1.48. The van der Waals surface area contributed by atoms with E-state index in [1.165, 1.54) is 56.9 Å². The summed E-state index contributed by atoms with van der Waals surface area (Å²) < 4.78 is 5.75. The fourth-order valence-corrected chi connectivity index (χ4v) is 3.35. The van der Waals surface area contributed by atoms with Crippen molar-refractivity contribution in [1.29, 1.82) is 0 Å². The Morgan fingerprint density at radius 3 is 2.44 bits per heavy atom. The van der Waals surface area contributed by atoms with Crippen LogP contribution in [0.1, 0.15) is 51.4 Å². The van der Waals surface area contributed by atoms with Gasteiger partial charge in [0.05, 0.1) is 0 Å². The molecular formula is C13H23NOS. The van der Waals surface area contributed by atoms with E-state index in [0.717, 1.165) is 12.5 Å². The molecule has 1 aliphatic carbocycles. The van der Waals surface area contributed by atoms with Crippen LogP contribution in [0.15, 0.2) is 0 Å². The van der Waals surface area contributed by atoms with Gasteiger partial charge in [-0.25, -0.2) is 0 Å². The van der Waals surface area contributed by atoms with Gasteiger partial charge in [0.2, 0.25) is 0 Å². The van der Waals surface area contributed by atoms with E-state index in [0.29, 0.717) is 12.1 Å². The second-order valence-electron chi connectivity index (χ2n) is 5.15. The van der Waals surface area contributed by atoms with Crippen LogP contribution < -0.4 is 5.32 Å². The van der Waals surface area contributed by atoms with Gasteiger partial charge in [0.15, 0.2) is 0 Å². The van der Waals surface area contributed by atoms with Crippen molar-refractivity contribution in [2.45, 2.75) is 63.5 Å². The molecule has 1 aliphatic heterocycles. The van der Waals surface area contributed by atoms with E-state index in [4.69, 9.17) is 17.0 Å². The van der Waals surface area contributed by atoms with Gasteiger partial charge in [-0.05, 0) is 50.4 Å². The summed E-state index contributed by atoms with van der Waals surface area (Å²) in [5.74, 6) is 0.726. The minimum Gasteiger partial charge on any atom is -0.485 e. The maximum absolute atomic E-state index is 5.75. The minimum absolute atomic E-state index is 0.332. The predicted octanol–water partition coefficient (Wildman–Crippen LogP) is 3.05. The highest BCUT2D eigenvalue weighted by atomic mass is 32.1. The molecule has 2 aliphatic rings. The van der Waals surface area contributed by atoms with Crippen LogP contribution in [0.2, 0.25) is 0 Å². The predicted molar refractivity (Wildman–Crippen MR) is 70.7 cm³/mol. The van der Waals surface area contributed by atoms with Crippen molar-refractivity contribution < 1.29 is 4.74 Å². The van der Waals surface area contributed by atoms with Gasteiger partial charge >= 0.3 is 0 Å². The fraction of sp³-hybridized carbons (Fsp3) is 0.923. The maximum Gasteiger partial charge on any atom is 0.146 e. The minimum atomic E-state index is 0.332. The number of piperidine rings is 1. The summed E-state index contributed by atoms with van der Waals surface area (Å²) >= 11 is 4.89. The molecule has 0 radical (unpaired) electrons. The van der Waals surface area contributed by atoms with E-state index < -0.39 is 0 Å². The second kappa shape index (κ2) is 6.55. The van der Waals surface area contributed by atoms with Crippen LogP contribution in [0.25, 0.3) is 0 Å². The summed E-state index contributed by atoms with van der Waals surface area (Å²) in [7, 11) is 0. The standard InChI is InChI=1S/C13H23NOS/c16-10-15-13(11-6-2-1-3-7-11)12-8-4-5-9-14-12/h10-14H,1-9H2. The zero-order chi connectivity index (χ0) is 11.2. The first-order valence-electron chi connectivity index (χ1n) is 6.74. The first-order chi connectivity index (χ1) is 7.92. The third-order valence-electron chi connectivity index (χ3n) is 4.07. The van der Waals surface area contributed by atoms with Crippen LogP contribution in [0, 0.1) is 5.92 Å².